The Balaban J connectivity index is 1.37. The van der Waals surface area contributed by atoms with Gasteiger partial charge in [0.25, 0.3) is 5.91 Å². The van der Waals surface area contributed by atoms with E-state index in [-0.39, 0.29) is 12.5 Å². The fraction of sp³-hybridized carbons (Fsp3) is 0.250. The average molecular weight is 389 g/mol. The number of carboxylic acids is 1. The number of hydrogen-bond donors (Lipinski definition) is 1. The number of carbonyl (C=O) groups excluding carboxylic acids is 1. The van der Waals surface area contributed by atoms with Crippen LogP contribution >= 0.6 is 0 Å². The van der Waals surface area contributed by atoms with Gasteiger partial charge in [-0.3, -0.25) is 4.79 Å². The monoisotopic (exact) mass is 389 g/mol. The number of fused-ring (bicyclic) bond motifs is 1. The predicted octanol–water partition coefficient (Wildman–Crippen LogP) is 4.32. The fourth-order valence-corrected chi connectivity index (χ4v) is 3.90. The van der Waals surface area contributed by atoms with E-state index in [0.717, 1.165) is 42.3 Å². The molecule has 5 nitrogen and oxygen atoms in total. The zero-order chi connectivity index (χ0) is 20.2. The van der Waals surface area contributed by atoms with Crippen LogP contribution in [0.2, 0.25) is 0 Å². The highest BCUT2D eigenvalue weighted by Gasteiger charge is 2.24. The van der Waals surface area contributed by atoms with Gasteiger partial charge >= 0.3 is 5.97 Å². The van der Waals surface area contributed by atoms with E-state index in [0.29, 0.717) is 11.7 Å². The second-order valence-electron chi connectivity index (χ2n) is 7.38. The van der Waals surface area contributed by atoms with Gasteiger partial charge in [0, 0.05) is 18.7 Å². The summed E-state index contributed by atoms with van der Waals surface area (Å²) < 4.78 is 5.19. The first-order valence-electron chi connectivity index (χ1n) is 9.83. The van der Waals surface area contributed by atoms with Crippen molar-refractivity contribution in [3.05, 3.63) is 77.9 Å². The third-order valence-electron chi connectivity index (χ3n) is 5.49. The van der Waals surface area contributed by atoms with E-state index in [1.807, 2.05) is 71.6 Å². The van der Waals surface area contributed by atoms with E-state index in [1.165, 1.54) is 5.56 Å². The summed E-state index contributed by atoms with van der Waals surface area (Å²) in [6.45, 7) is 1.12. The molecule has 0 spiro atoms. The summed E-state index contributed by atoms with van der Waals surface area (Å²) in [5, 5.41) is 10.9. The molecule has 29 heavy (non-hydrogen) atoms. The minimum atomic E-state index is -0.988. The molecule has 0 aromatic heterocycles. The van der Waals surface area contributed by atoms with Crippen LogP contribution in [0.1, 0.15) is 34.7 Å². The quantitative estimate of drug-likeness (QED) is 0.706. The highest BCUT2D eigenvalue weighted by molar-refractivity contribution is 5.98. The van der Waals surface area contributed by atoms with E-state index in [1.54, 1.807) is 0 Å². The number of hydrogen-bond acceptors (Lipinski definition) is 3. The van der Waals surface area contributed by atoms with E-state index in [4.69, 9.17) is 9.84 Å². The maximum Gasteiger partial charge on any atom is 0.341 e. The van der Waals surface area contributed by atoms with Crippen LogP contribution in [0, 0.1) is 0 Å². The van der Waals surface area contributed by atoms with Crippen LogP contribution in [0.5, 0.6) is 5.75 Å². The van der Waals surface area contributed by atoms with Crippen molar-refractivity contribution >= 4 is 22.6 Å². The molecule has 0 radical (unpaired) electrons. The number of carboxylic acid groups (broad SMARTS) is 1. The molecular formula is C24H23NO4. The zero-order valence-electron chi connectivity index (χ0n) is 16.1. The average Bonchev–Trinajstić information content (AvgIpc) is 2.77. The minimum Gasteiger partial charge on any atom is -0.482 e. The van der Waals surface area contributed by atoms with Crippen LogP contribution in [0.25, 0.3) is 10.8 Å². The molecule has 1 fully saturated rings. The first kappa shape index (κ1) is 19.0. The van der Waals surface area contributed by atoms with Crippen molar-refractivity contribution in [1.29, 1.82) is 0 Å². The Morgan fingerprint density at radius 2 is 1.62 bits per heavy atom. The van der Waals surface area contributed by atoms with E-state index in [9.17, 15) is 9.59 Å². The van der Waals surface area contributed by atoms with Crippen molar-refractivity contribution in [3.63, 3.8) is 0 Å². The Labute approximate surface area is 169 Å². The Morgan fingerprint density at radius 1 is 0.931 bits per heavy atom. The Kier molecular flexibility index (Phi) is 5.47. The van der Waals surface area contributed by atoms with Crippen molar-refractivity contribution in [2.45, 2.75) is 18.8 Å². The summed E-state index contributed by atoms with van der Waals surface area (Å²) >= 11 is 0. The molecule has 0 atom stereocenters. The number of amides is 1. The molecule has 3 aromatic rings. The summed E-state index contributed by atoms with van der Waals surface area (Å²) in [7, 11) is 0. The van der Waals surface area contributed by atoms with Crippen LogP contribution in [0.4, 0.5) is 0 Å². The molecule has 5 heteroatoms. The van der Waals surface area contributed by atoms with Crippen molar-refractivity contribution in [2.24, 2.45) is 0 Å². The zero-order valence-corrected chi connectivity index (χ0v) is 16.1. The number of carbonyl (C=O) groups is 2. The van der Waals surface area contributed by atoms with Crippen LogP contribution in [0.15, 0.2) is 66.7 Å². The van der Waals surface area contributed by atoms with Gasteiger partial charge in [-0.15, -0.1) is 0 Å². The highest BCUT2D eigenvalue weighted by atomic mass is 16.5. The lowest BCUT2D eigenvalue weighted by atomic mass is 9.89. The number of nitrogens with zero attached hydrogens (tertiary/aromatic N) is 1. The third-order valence-corrected chi connectivity index (χ3v) is 5.49. The molecule has 0 bridgehead atoms. The van der Waals surface area contributed by atoms with Crippen LogP contribution in [-0.2, 0) is 4.79 Å². The van der Waals surface area contributed by atoms with Gasteiger partial charge in [0.05, 0.1) is 0 Å². The largest absolute Gasteiger partial charge is 0.482 e. The SMILES string of the molecule is O=C(O)COc1ccc(C2CCN(C(=O)c3ccc4ccccc4c3)CC2)cc1. The Hall–Kier alpha value is -3.34. The number of likely N-dealkylation sites (tertiary alicyclic amines) is 1. The van der Waals surface area contributed by atoms with E-state index in [2.05, 4.69) is 0 Å². The normalized spacial score (nSPS) is 14.7. The molecule has 0 unspecified atom stereocenters. The van der Waals surface area contributed by atoms with Gasteiger partial charge in [-0.25, -0.2) is 4.79 Å². The lowest BCUT2D eigenvalue weighted by molar-refractivity contribution is -0.139. The lowest BCUT2D eigenvalue weighted by Gasteiger charge is -2.32. The van der Waals surface area contributed by atoms with E-state index < -0.39 is 5.97 Å². The summed E-state index contributed by atoms with van der Waals surface area (Å²) in [5.74, 6) is 0.0494. The van der Waals surface area contributed by atoms with Crippen molar-refractivity contribution < 1.29 is 19.4 Å². The maximum atomic E-state index is 12.9. The molecular weight excluding hydrogens is 366 g/mol. The van der Waals surface area contributed by atoms with E-state index >= 15 is 0 Å². The molecule has 1 aliphatic heterocycles. The second kappa shape index (κ2) is 8.35. The topological polar surface area (TPSA) is 66.8 Å². The number of rotatable bonds is 5. The molecule has 0 aliphatic carbocycles. The lowest BCUT2D eigenvalue weighted by Crippen LogP contribution is -2.37. The minimum absolute atomic E-state index is 0.0895. The Bertz CT molecular complexity index is 1020. The number of aliphatic carboxylic acids is 1. The molecule has 1 N–H and O–H groups in total. The van der Waals surface area contributed by atoms with Gasteiger partial charge in [-0.1, -0.05) is 42.5 Å². The maximum absolute atomic E-state index is 12.9. The van der Waals surface area contributed by atoms with Gasteiger partial charge in [-0.05, 0) is 59.4 Å². The number of ether oxygens (including phenoxy) is 1. The smallest absolute Gasteiger partial charge is 0.341 e. The first-order valence-corrected chi connectivity index (χ1v) is 9.83. The molecule has 1 saturated heterocycles. The molecule has 148 valence electrons. The predicted molar refractivity (Wildman–Crippen MR) is 111 cm³/mol. The second-order valence-corrected chi connectivity index (χ2v) is 7.38. The summed E-state index contributed by atoms with van der Waals surface area (Å²) in [6.07, 6.45) is 1.82. The van der Waals surface area contributed by atoms with Crippen LogP contribution in [-0.4, -0.2) is 41.6 Å². The molecule has 1 heterocycles. The molecule has 1 aliphatic rings. The van der Waals surface area contributed by atoms with Gasteiger partial charge in [-0.2, -0.15) is 0 Å². The van der Waals surface area contributed by atoms with Crippen LogP contribution < -0.4 is 4.74 Å². The molecule has 1 amide bonds. The number of piperidine rings is 1. The van der Waals surface area contributed by atoms with Gasteiger partial charge in [0.2, 0.25) is 0 Å². The van der Waals surface area contributed by atoms with Crippen molar-refractivity contribution in [3.8, 4) is 5.75 Å². The van der Waals surface area contributed by atoms with Crippen molar-refractivity contribution in [1.82, 2.24) is 4.90 Å². The summed E-state index contributed by atoms with van der Waals surface area (Å²) in [6, 6.07) is 21.5. The molecule has 4 rings (SSSR count). The highest BCUT2D eigenvalue weighted by Crippen LogP contribution is 2.30. The van der Waals surface area contributed by atoms with Gasteiger partial charge in [0.15, 0.2) is 6.61 Å². The molecule has 3 aromatic carbocycles. The summed E-state index contributed by atoms with van der Waals surface area (Å²) in [5.41, 5.74) is 1.94. The Morgan fingerprint density at radius 3 is 2.31 bits per heavy atom. The van der Waals surface area contributed by atoms with Crippen molar-refractivity contribution in [2.75, 3.05) is 19.7 Å². The third kappa shape index (κ3) is 4.40. The fourth-order valence-electron chi connectivity index (χ4n) is 3.90. The number of benzene rings is 3. The first-order chi connectivity index (χ1) is 14.1. The van der Waals surface area contributed by atoms with Gasteiger partial charge < -0.3 is 14.7 Å². The summed E-state index contributed by atoms with van der Waals surface area (Å²) in [4.78, 5) is 25.4. The molecule has 0 saturated carbocycles. The van der Waals surface area contributed by atoms with Crippen LogP contribution in [0.3, 0.4) is 0 Å². The standard InChI is InChI=1S/C24H23NO4/c26-23(27)16-29-22-9-7-18(8-10-22)19-11-13-25(14-12-19)24(28)21-6-5-17-3-1-2-4-20(17)15-21/h1-10,15,19H,11-14,16H2,(H,26,27). The van der Waals surface area contributed by atoms with Gasteiger partial charge in [0.1, 0.15) is 5.75 Å².